The van der Waals surface area contributed by atoms with E-state index in [9.17, 15) is 9.59 Å². The van der Waals surface area contributed by atoms with E-state index in [4.69, 9.17) is 4.52 Å². The zero-order valence-corrected chi connectivity index (χ0v) is 13.7. The van der Waals surface area contributed by atoms with Crippen LogP contribution in [0, 0.1) is 6.92 Å². The Kier molecular flexibility index (Phi) is 4.56. The van der Waals surface area contributed by atoms with Gasteiger partial charge in [-0.05, 0) is 38.1 Å². The number of anilines is 3. The van der Waals surface area contributed by atoms with Crippen molar-refractivity contribution in [1.29, 1.82) is 0 Å². The van der Waals surface area contributed by atoms with Crippen LogP contribution in [0.25, 0.3) is 0 Å². The molecule has 0 radical (unpaired) electrons. The van der Waals surface area contributed by atoms with Crippen LogP contribution in [0.2, 0.25) is 0 Å². The molecule has 7 heteroatoms. The van der Waals surface area contributed by atoms with Gasteiger partial charge in [0.25, 0.3) is 5.91 Å². The zero-order valence-electron chi connectivity index (χ0n) is 13.7. The number of carbonyl (C=O) groups is 2. The number of aromatic nitrogens is 2. The first-order valence-corrected chi connectivity index (χ1v) is 7.60. The van der Waals surface area contributed by atoms with E-state index in [1.807, 2.05) is 0 Å². The van der Waals surface area contributed by atoms with E-state index in [1.54, 1.807) is 49.4 Å². The fourth-order valence-electron chi connectivity index (χ4n) is 2.19. The third kappa shape index (κ3) is 4.08. The van der Waals surface area contributed by atoms with Gasteiger partial charge in [0, 0.05) is 17.3 Å². The molecule has 1 aromatic carbocycles. The number of hydrogen-bond donors (Lipinski definition) is 2. The Balaban J connectivity index is 1.68. The summed E-state index contributed by atoms with van der Waals surface area (Å²) in [5.74, 6) is 0.842. The summed E-state index contributed by atoms with van der Waals surface area (Å²) in [6, 6.07) is 11.8. The maximum Gasteiger partial charge on any atom is 0.274 e. The molecule has 0 atom stereocenters. The van der Waals surface area contributed by atoms with Gasteiger partial charge in [-0.3, -0.25) is 9.59 Å². The smallest absolute Gasteiger partial charge is 0.274 e. The Morgan fingerprint density at radius 2 is 1.92 bits per heavy atom. The van der Waals surface area contributed by atoms with E-state index >= 15 is 0 Å². The van der Waals surface area contributed by atoms with E-state index in [0.717, 1.165) is 0 Å². The molecule has 25 heavy (non-hydrogen) atoms. The molecule has 2 N–H and O–H groups in total. The molecule has 0 saturated carbocycles. The Morgan fingerprint density at radius 3 is 2.56 bits per heavy atom. The summed E-state index contributed by atoms with van der Waals surface area (Å²) in [4.78, 5) is 27.8. The average molecular weight is 336 g/mol. The molecule has 126 valence electrons. The number of rotatable bonds is 5. The summed E-state index contributed by atoms with van der Waals surface area (Å²) in [6.45, 7) is 3.27. The first kappa shape index (κ1) is 16.4. The summed E-state index contributed by atoms with van der Waals surface area (Å²) in [7, 11) is 0. The maximum atomic E-state index is 12.3. The quantitative estimate of drug-likeness (QED) is 0.691. The SMILES string of the molecule is CC(=O)c1cccc(NC(=O)c2ccc(Nc3cc(C)on3)cn2)c1. The lowest BCUT2D eigenvalue weighted by molar-refractivity contribution is 0.100. The number of Topliss-reactive ketones (excluding diaryl/α,β-unsaturated/α-hetero) is 1. The van der Waals surface area contributed by atoms with E-state index < -0.39 is 0 Å². The molecule has 0 saturated heterocycles. The number of ketones is 1. The number of pyridine rings is 1. The number of benzene rings is 1. The van der Waals surface area contributed by atoms with Gasteiger partial charge in [-0.15, -0.1) is 0 Å². The highest BCUT2D eigenvalue weighted by molar-refractivity contribution is 6.04. The van der Waals surface area contributed by atoms with Gasteiger partial charge < -0.3 is 15.2 Å². The molecule has 2 heterocycles. The molecule has 0 unspecified atom stereocenters. The number of amides is 1. The Morgan fingerprint density at radius 1 is 1.08 bits per heavy atom. The Labute approximate surface area is 144 Å². The minimum Gasteiger partial charge on any atom is -0.360 e. The number of nitrogens with zero attached hydrogens (tertiary/aromatic N) is 2. The fraction of sp³-hybridized carbons (Fsp3) is 0.111. The van der Waals surface area contributed by atoms with Gasteiger partial charge in [0.05, 0.1) is 11.9 Å². The molecule has 0 spiro atoms. The molecule has 0 aliphatic rings. The molecule has 0 aliphatic carbocycles. The standard InChI is InChI=1S/C18H16N4O3/c1-11-8-17(22-25-11)20-15-6-7-16(19-10-15)18(24)21-14-5-3-4-13(9-14)12(2)23/h3-10H,1-2H3,(H,20,22)(H,21,24). The van der Waals surface area contributed by atoms with E-state index in [1.165, 1.54) is 13.1 Å². The van der Waals surface area contributed by atoms with Crippen LogP contribution in [0.15, 0.2) is 53.2 Å². The van der Waals surface area contributed by atoms with Crippen molar-refractivity contribution in [3.63, 3.8) is 0 Å². The molecule has 3 aromatic rings. The predicted octanol–water partition coefficient (Wildman–Crippen LogP) is 3.58. The predicted molar refractivity (Wildman–Crippen MR) is 93.2 cm³/mol. The van der Waals surface area contributed by atoms with Crippen LogP contribution in [0.5, 0.6) is 0 Å². The summed E-state index contributed by atoms with van der Waals surface area (Å²) < 4.78 is 4.97. The third-order valence-electron chi connectivity index (χ3n) is 3.42. The van der Waals surface area contributed by atoms with Gasteiger partial charge in [-0.1, -0.05) is 17.3 Å². The summed E-state index contributed by atoms with van der Waals surface area (Å²) in [6.07, 6.45) is 1.53. The fourth-order valence-corrected chi connectivity index (χ4v) is 2.19. The average Bonchev–Trinajstić information content (AvgIpc) is 3.00. The first-order chi connectivity index (χ1) is 12.0. The highest BCUT2D eigenvalue weighted by Gasteiger charge is 2.09. The number of hydrogen-bond acceptors (Lipinski definition) is 6. The molecular weight excluding hydrogens is 320 g/mol. The van der Waals surface area contributed by atoms with Gasteiger partial charge in [0.15, 0.2) is 11.6 Å². The zero-order chi connectivity index (χ0) is 17.8. The molecule has 3 rings (SSSR count). The topological polar surface area (TPSA) is 97.1 Å². The van der Waals surface area contributed by atoms with Gasteiger partial charge in [0.2, 0.25) is 0 Å². The van der Waals surface area contributed by atoms with Crippen molar-refractivity contribution in [2.24, 2.45) is 0 Å². The summed E-state index contributed by atoms with van der Waals surface area (Å²) >= 11 is 0. The van der Waals surface area contributed by atoms with Gasteiger partial charge in [0.1, 0.15) is 11.5 Å². The second-order valence-corrected chi connectivity index (χ2v) is 5.47. The third-order valence-corrected chi connectivity index (χ3v) is 3.42. The Hall–Kier alpha value is -3.48. The van der Waals surface area contributed by atoms with Crippen LogP contribution in [0.3, 0.4) is 0 Å². The largest absolute Gasteiger partial charge is 0.360 e. The number of nitrogens with one attached hydrogen (secondary N) is 2. The molecule has 0 fully saturated rings. The second-order valence-electron chi connectivity index (χ2n) is 5.47. The molecule has 0 bridgehead atoms. The minimum absolute atomic E-state index is 0.0623. The van der Waals surface area contributed by atoms with Crippen LogP contribution in [-0.2, 0) is 0 Å². The second kappa shape index (κ2) is 6.96. The Bertz CT molecular complexity index is 916. The van der Waals surface area contributed by atoms with Crippen molar-refractivity contribution in [2.75, 3.05) is 10.6 Å². The van der Waals surface area contributed by atoms with E-state index in [2.05, 4.69) is 20.8 Å². The summed E-state index contributed by atoms with van der Waals surface area (Å²) in [5.41, 5.74) is 2.02. The van der Waals surface area contributed by atoms with E-state index in [0.29, 0.717) is 28.5 Å². The van der Waals surface area contributed by atoms with Crippen molar-refractivity contribution in [3.8, 4) is 0 Å². The van der Waals surface area contributed by atoms with Crippen LogP contribution in [0.1, 0.15) is 33.5 Å². The number of aryl methyl sites for hydroxylation is 1. The molecular formula is C18H16N4O3. The first-order valence-electron chi connectivity index (χ1n) is 7.60. The molecule has 7 nitrogen and oxygen atoms in total. The van der Waals surface area contributed by atoms with Gasteiger partial charge in [-0.25, -0.2) is 4.98 Å². The molecule has 0 aliphatic heterocycles. The van der Waals surface area contributed by atoms with Crippen LogP contribution >= 0.6 is 0 Å². The maximum absolute atomic E-state index is 12.3. The van der Waals surface area contributed by atoms with Crippen molar-refractivity contribution in [2.45, 2.75) is 13.8 Å². The lowest BCUT2D eigenvalue weighted by atomic mass is 10.1. The highest BCUT2D eigenvalue weighted by atomic mass is 16.5. The van der Waals surface area contributed by atoms with Crippen LogP contribution < -0.4 is 10.6 Å². The van der Waals surface area contributed by atoms with Crippen molar-refractivity contribution >= 4 is 28.9 Å². The van der Waals surface area contributed by atoms with Crippen molar-refractivity contribution < 1.29 is 14.1 Å². The molecule has 2 aromatic heterocycles. The minimum atomic E-state index is -0.357. The monoisotopic (exact) mass is 336 g/mol. The van der Waals surface area contributed by atoms with Crippen LogP contribution in [0.4, 0.5) is 17.2 Å². The highest BCUT2D eigenvalue weighted by Crippen LogP contribution is 2.16. The lowest BCUT2D eigenvalue weighted by Gasteiger charge is -2.07. The summed E-state index contributed by atoms with van der Waals surface area (Å²) in [5, 5.41) is 9.57. The van der Waals surface area contributed by atoms with E-state index in [-0.39, 0.29) is 17.4 Å². The van der Waals surface area contributed by atoms with Crippen molar-refractivity contribution in [3.05, 3.63) is 65.7 Å². The number of carbonyl (C=O) groups excluding carboxylic acids is 2. The van der Waals surface area contributed by atoms with Gasteiger partial charge >= 0.3 is 0 Å². The van der Waals surface area contributed by atoms with Crippen molar-refractivity contribution in [1.82, 2.24) is 10.1 Å². The van der Waals surface area contributed by atoms with Crippen LogP contribution in [-0.4, -0.2) is 21.8 Å². The normalized spacial score (nSPS) is 10.3. The molecule has 1 amide bonds. The lowest BCUT2D eigenvalue weighted by Crippen LogP contribution is -2.14. The van der Waals surface area contributed by atoms with Gasteiger partial charge in [-0.2, -0.15) is 0 Å².